The molecule has 2 aromatic rings. The monoisotopic (exact) mass is 499 g/mol. The molecule has 9 heteroatoms. The van der Waals surface area contributed by atoms with E-state index in [9.17, 15) is 13.2 Å². The van der Waals surface area contributed by atoms with Crippen LogP contribution < -0.4 is 9.47 Å². The number of ether oxygens (including phenoxy) is 2. The number of piperidine rings is 1. The second kappa shape index (κ2) is 9.79. The molecule has 0 aliphatic carbocycles. The summed E-state index contributed by atoms with van der Waals surface area (Å²) in [6.45, 7) is 8.79. The van der Waals surface area contributed by atoms with Gasteiger partial charge in [0.15, 0.2) is 11.5 Å². The van der Waals surface area contributed by atoms with E-state index in [4.69, 9.17) is 9.47 Å². The smallest absolute Gasteiger partial charge is 0.243 e. The third-order valence-electron chi connectivity index (χ3n) is 7.45. The maximum absolute atomic E-state index is 13.2. The molecule has 3 heterocycles. The van der Waals surface area contributed by atoms with Crippen molar-refractivity contribution in [3.8, 4) is 11.5 Å². The highest BCUT2D eigenvalue weighted by molar-refractivity contribution is 7.89. The molecular weight excluding hydrogens is 466 g/mol. The summed E-state index contributed by atoms with van der Waals surface area (Å²) in [4.78, 5) is 17.8. The number of hydrogen-bond acceptors (Lipinski definition) is 6. The molecule has 8 nitrogen and oxygen atoms in total. The van der Waals surface area contributed by atoms with Gasteiger partial charge in [0.2, 0.25) is 22.7 Å². The lowest BCUT2D eigenvalue weighted by molar-refractivity contribution is -0.138. The maximum Gasteiger partial charge on any atom is 0.243 e. The Balaban J connectivity index is 1.11. The van der Waals surface area contributed by atoms with E-state index in [-0.39, 0.29) is 18.6 Å². The summed E-state index contributed by atoms with van der Waals surface area (Å²) in [6.07, 6.45) is 1.14. The first-order valence-electron chi connectivity index (χ1n) is 12.3. The van der Waals surface area contributed by atoms with Crippen LogP contribution in [0.15, 0.2) is 41.3 Å². The van der Waals surface area contributed by atoms with Gasteiger partial charge in [0.05, 0.1) is 4.90 Å². The second-order valence-electron chi connectivity index (χ2n) is 9.71. The molecule has 0 unspecified atom stereocenters. The van der Waals surface area contributed by atoms with Gasteiger partial charge in [-0.1, -0.05) is 12.1 Å². The van der Waals surface area contributed by atoms with Crippen LogP contribution >= 0.6 is 0 Å². The Bertz CT molecular complexity index is 1200. The molecule has 0 N–H and O–H groups in total. The van der Waals surface area contributed by atoms with E-state index in [2.05, 4.69) is 11.0 Å². The molecule has 35 heavy (non-hydrogen) atoms. The van der Waals surface area contributed by atoms with E-state index < -0.39 is 10.0 Å². The number of sulfonamides is 1. The van der Waals surface area contributed by atoms with Crippen LogP contribution in [0, 0.1) is 19.8 Å². The first-order valence-corrected chi connectivity index (χ1v) is 13.7. The summed E-state index contributed by atoms with van der Waals surface area (Å²) in [5, 5.41) is 0. The number of hydrogen-bond donors (Lipinski definition) is 0. The predicted molar refractivity (Wildman–Crippen MR) is 132 cm³/mol. The molecule has 3 aliphatic heterocycles. The van der Waals surface area contributed by atoms with E-state index in [1.807, 2.05) is 36.9 Å². The molecule has 2 aromatic carbocycles. The molecular formula is C26H33N3O5S. The molecule has 5 rings (SSSR count). The van der Waals surface area contributed by atoms with Crippen molar-refractivity contribution in [1.29, 1.82) is 0 Å². The van der Waals surface area contributed by atoms with Crippen LogP contribution in [0.1, 0.15) is 29.5 Å². The van der Waals surface area contributed by atoms with E-state index in [1.165, 1.54) is 9.87 Å². The number of amides is 1. The quantitative estimate of drug-likeness (QED) is 0.630. The number of rotatable bonds is 5. The summed E-state index contributed by atoms with van der Waals surface area (Å²) < 4.78 is 38.6. The molecule has 188 valence electrons. The summed E-state index contributed by atoms with van der Waals surface area (Å²) >= 11 is 0. The fourth-order valence-corrected chi connectivity index (χ4v) is 6.60. The van der Waals surface area contributed by atoms with Crippen molar-refractivity contribution in [2.24, 2.45) is 5.92 Å². The Morgan fingerprint density at radius 2 is 1.60 bits per heavy atom. The lowest BCUT2D eigenvalue weighted by Gasteiger charge is -2.38. The molecule has 3 aliphatic rings. The first kappa shape index (κ1) is 24.1. The molecule has 0 radical (unpaired) electrons. The number of carbonyl (C=O) groups excluding carboxylic acids is 1. The number of nitrogens with zero attached hydrogens (tertiary/aromatic N) is 3. The van der Waals surface area contributed by atoms with Crippen LogP contribution in [-0.2, 0) is 21.4 Å². The number of benzene rings is 2. The van der Waals surface area contributed by atoms with Crippen LogP contribution in [0.25, 0.3) is 0 Å². The van der Waals surface area contributed by atoms with E-state index in [0.717, 1.165) is 42.3 Å². The second-order valence-corrected chi connectivity index (χ2v) is 11.7. The molecule has 1 amide bonds. The molecule has 0 atom stereocenters. The van der Waals surface area contributed by atoms with E-state index in [0.29, 0.717) is 43.9 Å². The van der Waals surface area contributed by atoms with Crippen molar-refractivity contribution < 1.29 is 22.7 Å². The zero-order valence-electron chi connectivity index (χ0n) is 20.4. The van der Waals surface area contributed by atoms with Crippen LogP contribution in [0.5, 0.6) is 11.5 Å². The van der Waals surface area contributed by atoms with Crippen LogP contribution in [0.3, 0.4) is 0 Å². The average Bonchev–Trinajstić information content (AvgIpc) is 3.34. The Morgan fingerprint density at radius 3 is 2.31 bits per heavy atom. The Hall–Kier alpha value is -2.62. The molecule has 0 bridgehead atoms. The fourth-order valence-electron chi connectivity index (χ4n) is 5.05. The molecule has 0 spiro atoms. The largest absolute Gasteiger partial charge is 0.454 e. The molecule has 0 saturated carbocycles. The zero-order valence-corrected chi connectivity index (χ0v) is 21.2. The maximum atomic E-state index is 13.2. The third kappa shape index (κ3) is 5.03. The Morgan fingerprint density at radius 1 is 0.886 bits per heavy atom. The highest BCUT2D eigenvalue weighted by Gasteiger charge is 2.34. The van der Waals surface area contributed by atoms with Crippen molar-refractivity contribution in [1.82, 2.24) is 14.1 Å². The van der Waals surface area contributed by atoms with Gasteiger partial charge < -0.3 is 14.4 Å². The molecule has 2 fully saturated rings. The van der Waals surface area contributed by atoms with Gasteiger partial charge in [-0.05, 0) is 67.6 Å². The van der Waals surface area contributed by atoms with Gasteiger partial charge in [-0.15, -0.1) is 0 Å². The lowest BCUT2D eigenvalue weighted by Crippen LogP contribution is -2.51. The third-order valence-corrected chi connectivity index (χ3v) is 9.34. The van der Waals surface area contributed by atoms with Gasteiger partial charge in [0.1, 0.15) is 0 Å². The minimum atomic E-state index is -3.53. The zero-order chi connectivity index (χ0) is 24.6. The Labute approximate surface area is 207 Å². The van der Waals surface area contributed by atoms with E-state index >= 15 is 0 Å². The SMILES string of the molecule is Cc1ccc(S(=O)(=O)N2CCC(C(=O)N3CCN(Cc4ccc5c(c4)OCO5)CC3)CC2)cc1C. The molecule has 0 aromatic heterocycles. The van der Waals surface area contributed by atoms with Crippen LogP contribution in [0.2, 0.25) is 0 Å². The minimum absolute atomic E-state index is 0.110. The molecule has 2 saturated heterocycles. The standard InChI is InChI=1S/C26H33N3O5S/c1-19-3-5-23(15-20(19)2)35(31,32)29-9-7-22(8-10-29)26(30)28-13-11-27(12-14-28)17-21-4-6-24-25(16-21)34-18-33-24/h3-6,15-16,22H,7-14,17-18H2,1-2H3. The summed E-state index contributed by atoms with van der Waals surface area (Å²) in [7, 11) is -3.53. The summed E-state index contributed by atoms with van der Waals surface area (Å²) in [5.74, 6) is 1.64. The van der Waals surface area contributed by atoms with Crippen LogP contribution in [0.4, 0.5) is 0 Å². The van der Waals surface area contributed by atoms with Crippen LogP contribution in [-0.4, -0.2) is 74.5 Å². The van der Waals surface area contributed by atoms with Gasteiger partial charge in [0, 0.05) is 51.7 Å². The normalized spacial score (nSPS) is 19.8. The topological polar surface area (TPSA) is 79.4 Å². The highest BCUT2D eigenvalue weighted by atomic mass is 32.2. The van der Waals surface area contributed by atoms with Crippen molar-refractivity contribution >= 4 is 15.9 Å². The fraction of sp³-hybridized carbons (Fsp3) is 0.500. The van der Waals surface area contributed by atoms with Crippen molar-refractivity contribution in [3.63, 3.8) is 0 Å². The number of piperazine rings is 1. The van der Waals surface area contributed by atoms with Gasteiger partial charge in [0.25, 0.3) is 0 Å². The minimum Gasteiger partial charge on any atom is -0.454 e. The van der Waals surface area contributed by atoms with Gasteiger partial charge in [-0.25, -0.2) is 8.42 Å². The number of carbonyl (C=O) groups is 1. The predicted octanol–water partition coefficient (Wildman–Crippen LogP) is 2.78. The summed E-state index contributed by atoms with van der Waals surface area (Å²) in [5.41, 5.74) is 3.21. The Kier molecular flexibility index (Phi) is 6.74. The van der Waals surface area contributed by atoms with Gasteiger partial charge >= 0.3 is 0 Å². The average molecular weight is 500 g/mol. The van der Waals surface area contributed by atoms with Crippen molar-refractivity contribution in [2.75, 3.05) is 46.1 Å². The van der Waals surface area contributed by atoms with Gasteiger partial charge in [-0.3, -0.25) is 9.69 Å². The van der Waals surface area contributed by atoms with Crippen molar-refractivity contribution in [2.45, 2.75) is 38.1 Å². The summed E-state index contributed by atoms with van der Waals surface area (Å²) in [6, 6.07) is 11.3. The number of fused-ring (bicyclic) bond motifs is 1. The lowest BCUT2D eigenvalue weighted by atomic mass is 9.96. The first-order chi connectivity index (χ1) is 16.8. The highest BCUT2D eigenvalue weighted by Crippen LogP contribution is 2.33. The number of aryl methyl sites for hydroxylation is 2. The van der Waals surface area contributed by atoms with Gasteiger partial charge in [-0.2, -0.15) is 4.31 Å². The van der Waals surface area contributed by atoms with E-state index in [1.54, 1.807) is 12.1 Å². The van der Waals surface area contributed by atoms with Crippen molar-refractivity contribution in [3.05, 3.63) is 53.1 Å².